The normalized spacial score (nSPS) is 16.7. The van der Waals surface area contributed by atoms with Crippen LogP contribution in [-0.2, 0) is 29.1 Å². The van der Waals surface area contributed by atoms with Gasteiger partial charge in [0.25, 0.3) is 10.0 Å². The molecule has 42 heavy (non-hydrogen) atoms. The molecule has 2 aliphatic heterocycles. The minimum atomic E-state index is -4.43. The third-order valence-corrected chi connectivity index (χ3v) is 8.81. The summed E-state index contributed by atoms with van der Waals surface area (Å²) in [7, 11) is -2.11. The molecule has 3 aromatic rings. The zero-order chi connectivity index (χ0) is 30.0. The van der Waals surface area contributed by atoms with Crippen LogP contribution in [0.5, 0.6) is 0 Å². The fraction of sp³-hybridized carbons (Fsp3) is 0.152. The Bertz CT molecular complexity index is 1750. The van der Waals surface area contributed by atoms with Gasteiger partial charge in [0.2, 0.25) is 0 Å². The number of esters is 2. The van der Waals surface area contributed by atoms with Gasteiger partial charge in [-0.05, 0) is 43.2 Å². The van der Waals surface area contributed by atoms with Crippen LogP contribution < -0.4 is 0 Å². The Morgan fingerprint density at radius 2 is 1.31 bits per heavy atom. The van der Waals surface area contributed by atoms with Gasteiger partial charge in [-0.1, -0.05) is 90.0 Å². The molecule has 9 heteroatoms. The average molecular weight is 583 g/mol. The number of rotatable bonds is 6. The third-order valence-electron chi connectivity index (χ3n) is 7.13. The topological polar surface area (TPSA) is 93.2 Å². The first-order valence-corrected chi connectivity index (χ1v) is 14.6. The smallest absolute Gasteiger partial charge is 0.356 e. The van der Waals surface area contributed by atoms with Crippen LogP contribution >= 0.6 is 0 Å². The quantitative estimate of drug-likeness (QED) is 0.370. The van der Waals surface area contributed by atoms with Gasteiger partial charge in [-0.15, -0.1) is 0 Å². The van der Waals surface area contributed by atoms with E-state index in [0.717, 1.165) is 28.1 Å². The predicted octanol–water partition coefficient (Wildman–Crippen LogP) is 5.19. The predicted molar refractivity (Wildman–Crippen MR) is 160 cm³/mol. The molecule has 0 N–H and O–H groups in total. The molecule has 0 aliphatic carbocycles. The van der Waals surface area contributed by atoms with Gasteiger partial charge >= 0.3 is 11.9 Å². The molecule has 8 nitrogen and oxygen atoms in total. The van der Waals surface area contributed by atoms with Crippen molar-refractivity contribution in [2.75, 3.05) is 14.2 Å². The van der Waals surface area contributed by atoms with E-state index in [1.54, 1.807) is 24.3 Å². The Balaban J connectivity index is 1.90. The van der Waals surface area contributed by atoms with Gasteiger partial charge < -0.3 is 14.4 Å². The van der Waals surface area contributed by atoms with Gasteiger partial charge in [-0.3, -0.25) is 0 Å². The van der Waals surface area contributed by atoms with Crippen LogP contribution in [0.3, 0.4) is 0 Å². The second-order valence-electron chi connectivity index (χ2n) is 9.86. The SMILES string of the molecule is COC(=O)C1=C(C(=O)OC)N(S(=O)(=O)c2ccc(C)cc2)C=C(c2ccc(C)cc2)N2C(c3ccccc3)=CC=CC12. The van der Waals surface area contributed by atoms with Crippen molar-refractivity contribution >= 4 is 33.4 Å². The molecule has 2 aliphatic rings. The molecule has 214 valence electrons. The summed E-state index contributed by atoms with van der Waals surface area (Å²) < 4.78 is 39.8. The van der Waals surface area contributed by atoms with Crippen molar-refractivity contribution in [2.24, 2.45) is 0 Å². The maximum atomic E-state index is 14.4. The number of sulfonamides is 1. The highest BCUT2D eigenvalue weighted by Gasteiger charge is 2.44. The van der Waals surface area contributed by atoms with Gasteiger partial charge in [-0.25, -0.2) is 22.3 Å². The number of hydrogen-bond donors (Lipinski definition) is 0. The monoisotopic (exact) mass is 582 g/mol. The number of benzene rings is 3. The Labute approximate surface area is 245 Å². The number of ether oxygens (including phenoxy) is 2. The molecule has 0 fully saturated rings. The zero-order valence-electron chi connectivity index (χ0n) is 23.6. The largest absolute Gasteiger partial charge is 0.466 e. The minimum Gasteiger partial charge on any atom is -0.466 e. The molecule has 0 bridgehead atoms. The van der Waals surface area contributed by atoms with E-state index in [2.05, 4.69) is 0 Å². The molecule has 0 radical (unpaired) electrons. The number of methoxy groups -OCH3 is 2. The molecular formula is C33H30N2O6S. The van der Waals surface area contributed by atoms with Gasteiger partial charge in [0.1, 0.15) is 0 Å². The fourth-order valence-corrected chi connectivity index (χ4v) is 6.35. The maximum Gasteiger partial charge on any atom is 0.356 e. The van der Waals surface area contributed by atoms with E-state index in [1.165, 1.54) is 25.4 Å². The molecule has 1 unspecified atom stereocenters. The molecule has 2 heterocycles. The lowest BCUT2D eigenvalue weighted by molar-refractivity contribution is -0.140. The molecule has 0 saturated carbocycles. The van der Waals surface area contributed by atoms with E-state index < -0.39 is 33.7 Å². The zero-order valence-corrected chi connectivity index (χ0v) is 24.5. The second kappa shape index (κ2) is 11.5. The van der Waals surface area contributed by atoms with Gasteiger partial charge in [0, 0.05) is 11.9 Å². The minimum absolute atomic E-state index is 0.0625. The van der Waals surface area contributed by atoms with E-state index in [-0.39, 0.29) is 10.5 Å². The average Bonchev–Trinajstić information content (AvgIpc) is 3.17. The fourth-order valence-electron chi connectivity index (χ4n) is 4.99. The van der Waals surface area contributed by atoms with Gasteiger partial charge in [0.05, 0.1) is 36.4 Å². The lowest BCUT2D eigenvalue weighted by atomic mass is 9.95. The first-order valence-electron chi connectivity index (χ1n) is 13.2. The van der Waals surface area contributed by atoms with E-state index in [4.69, 9.17) is 9.47 Å². The summed E-state index contributed by atoms with van der Waals surface area (Å²) >= 11 is 0. The Morgan fingerprint density at radius 3 is 1.90 bits per heavy atom. The molecule has 0 aromatic heterocycles. The number of hydrogen-bond acceptors (Lipinski definition) is 7. The number of carbonyl (C=O) groups excluding carboxylic acids is 2. The van der Waals surface area contributed by atoms with Crippen molar-refractivity contribution in [3.63, 3.8) is 0 Å². The van der Waals surface area contributed by atoms with E-state index in [9.17, 15) is 18.0 Å². The van der Waals surface area contributed by atoms with Crippen LogP contribution in [0.2, 0.25) is 0 Å². The molecule has 1 atom stereocenters. The third kappa shape index (κ3) is 5.14. The molecule has 3 aromatic carbocycles. The van der Waals surface area contributed by atoms with Gasteiger partial charge in [-0.2, -0.15) is 0 Å². The summed E-state index contributed by atoms with van der Waals surface area (Å²) in [5.74, 6) is -1.87. The van der Waals surface area contributed by atoms with Crippen LogP contribution in [0.1, 0.15) is 22.3 Å². The summed E-state index contributed by atoms with van der Waals surface area (Å²) in [6.45, 7) is 3.79. The van der Waals surface area contributed by atoms with Crippen molar-refractivity contribution in [1.82, 2.24) is 9.21 Å². The first kappa shape index (κ1) is 28.6. The standard InChI is InChI=1S/C33H30N2O6S/c1-22-13-17-25(18-14-22)29-21-34(42(38,39)26-19-15-23(2)16-20-26)31(33(37)41-4)30(32(36)40-3)28-12-8-11-27(35(28)29)24-9-6-5-7-10-24/h5-21,28H,1-4H3. The van der Waals surface area contributed by atoms with Crippen molar-refractivity contribution in [1.29, 1.82) is 0 Å². The van der Waals surface area contributed by atoms with Gasteiger partial charge in [0.15, 0.2) is 5.70 Å². The molecule has 0 amide bonds. The lowest BCUT2D eigenvalue weighted by Gasteiger charge is -2.37. The van der Waals surface area contributed by atoms with E-state index in [0.29, 0.717) is 17.0 Å². The number of nitrogens with zero attached hydrogens (tertiary/aromatic N) is 2. The van der Waals surface area contributed by atoms with Crippen molar-refractivity contribution in [2.45, 2.75) is 24.8 Å². The second-order valence-corrected chi connectivity index (χ2v) is 11.7. The Hall–Kier alpha value is -4.89. The van der Waals surface area contributed by atoms with Crippen LogP contribution in [0, 0.1) is 13.8 Å². The Kier molecular flexibility index (Phi) is 7.87. The van der Waals surface area contributed by atoms with Crippen LogP contribution in [0.25, 0.3) is 11.4 Å². The summed E-state index contributed by atoms with van der Waals surface area (Å²) in [6.07, 6.45) is 6.76. The summed E-state index contributed by atoms with van der Waals surface area (Å²) in [4.78, 5) is 28.9. The highest BCUT2D eigenvalue weighted by Crippen LogP contribution is 2.42. The van der Waals surface area contributed by atoms with E-state index in [1.807, 2.05) is 79.4 Å². The van der Waals surface area contributed by atoms with Crippen molar-refractivity contribution in [3.05, 3.63) is 137 Å². The number of carbonyl (C=O) groups is 2. The number of allylic oxidation sites excluding steroid dienone is 2. The summed E-state index contributed by atoms with van der Waals surface area (Å²) in [5, 5.41) is 0. The number of aryl methyl sites for hydroxylation is 2. The maximum absolute atomic E-state index is 14.4. The van der Waals surface area contributed by atoms with Crippen LogP contribution in [0.15, 0.2) is 119 Å². The van der Waals surface area contributed by atoms with Crippen LogP contribution in [-0.4, -0.2) is 49.8 Å². The summed E-state index contributed by atoms with van der Waals surface area (Å²) in [5.41, 5.74) is 3.85. The highest BCUT2D eigenvalue weighted by atomic mass is 32.2. The van der Waals surface area contributed by atoms with Crippen molar-refractivity contribution < 1.29 is 27.5 Å². The molecule has 5 rings (SSSR count). The first-order chi connectivity index (χ1) is 20.2. The van der Waals surface area contributed by atoms with Crippen LogP contribution in [0.4, 0.5) is 0 Å². The molecule has 0 spiro atoms. The Morgan fingerprint density at radius 1 is 0.738 bits per heavy atom. The molecule has 0 saturated heterocycles. The van der Waals surface area contributed by atoms with E-state index >= 15 is 0 Å². The number of fused-ring (bicyclic) bond motifs is 1. The highest BCUT2D eigenvalue weighted by molar-refractivity contribution is 7.89. The lowest BCUT2D eigenvalue weighted by Crippen LogP contribution is -2.38. The summed E-state index contributed by atoms with van der Waals surface area (Å²) in [6, 6.07) is 22.4. The van der Waals surface area contributed by atoms with Crippen molar-refractivity contribution in [3.8, 4) is 0 Å². The molecular weight excluding hydrogens is 552 g/mol.